The zero-order valence-electron chi connectivity index (χ0n) is 9.87. The van der Waals surface area contributed by atoms with Gasteiger partial charge in [-0.1, -0.05) is 0 Å². The van der Waals surface area contributed by atoms with Crippen LogP contribution in [0.15, 0.2) is 27.4 Å². The lowest BCUT2D eigenvalue weighted by Gasteiger charge is -2.00. The Hall–Kier alpha value is -2.44. The molecule has 0 aliphatic heterocycles. The number of carbonyl (C=O) groups is 1. The monoisotopic (exact) mass is 262 g/mol. The Morgan fingerprint density at radius 1 is 1.47 bits per heavy atom. The van der Waals surface area contributed by atoms with E-state index in [-0.39, 0.29) is 35.0 Å². The predicted octanol–water partition coefficient (Wildman–Crippen LogP) is 1.48. The lowest BCUT2D eigenvalue weighted by Crippen LogP contribution is -2.20. The Kier molecular flexibility index (Phi) is 2.48. The number of oxazole rings is 1. The molecule has 1 aromatic carbocycles. The van der Waals surface area contributed by atoms with Gasteiger partial charge in [0.05, 0.1) is 17.0 Å². The molecule has 7 heteroatoms. The Bertz CT molecular complexity index is 738. The summed E-state index contributed by atoms with van der Waals surface area (Å²) in [4.78, 5) is 33.6. The summed E-state index contributed by atoms with van der Waals surface area (Å²) in [6.45, 7) is -0.0856. The molecular formula is C12H10N2O5. The van der Waals surface area contributed by atoms with Gasteiger partial charge in [-0.3, -0.25) is 19.5 Å². The lowest BCUT2D eigenvalue weighted by atomic mass is 10.2. The zero-order valence-corrected chi connectivity index (χ0v) is 9.87. The molecule has 1 heterocycles. The van der Waals surface area contributed by atoms with Crippen LogP contribution in [-0.2, 0) is 11.3 Å². The molecular weight excluding hydrogens is 252 g/mol. The number of fused-ring (bicyclic) bond motifs is 1. The molecule has 1 aliphatic carbocycles. The minimum Gasteiger partial charge on any atom is -0.408 e. The second-order valence-corrected chi connectivity index (χ2v) is 4.60. The molecule has 7 nitrogen and oxygen atoms in total. The molecule has 0 saturated heterocycles. The van der Waals surface area contributed by atoms with Crippen LogP contribution in [0.5, 0.6) is 0 Å². The third-order valence-corrected chi connectivity index (χ3v) is 3.21. The van der Waals surface area contributed by atoms with E-state index in [0.717, 1.165) is 17.4 Å². The third-order valence-electron chi connectivity index (χ3n) is 3.21. The third kappa shape index (κ3) is 2.03. The van der Waals surface area contributed by atoms with Crippen LogP contribution in [0, 0.1) is 16.0 Å². The molecule has 0 radical (unpaired) electrons. The quantitative estimate of drug-likeness (QED) is 0.614. The number of aromatic nitrogens is 1. The van der Waals surface area contributed by atoms with Crippen molar-refractivity contribution in [2.24, 2.45) is 5.92 Å². The van der Waals surface area contributed by atoms with Crippen LogP contribution in [0.3, 0.4) is 0 Å². The molecule has 0 bridgehead atoms. The van der Waals surface area contributed by atoms with E-state index in [1.807, 2.05) is 0 Å². The molecule has 2 aromatic rings. The van der Waals surface area contributed by atoms with Crippen molar-refractivity contribution in [3.05, 3.63) is 38.9 Å². The van der Waals surface area contributed by atoms with Crippen LogP contribution in [-0.4, -0.2) is 15.3 Å². The first kappa shape index (κ1) is 11.6. The van der Waals surface area contributed by atoms with Crippen molar-refractivity contribution in [1.82, 2.24) is 4.57 Å². The number of benzene rings is 1. The van der Waals surface area contributed by atoms with Crippen molar-refractivity contribution >= 4 is 22.6 Å². The Balaban J connectivity index is 2.08. The maximum absolute atomic E-state index is 11.8. The average Bonchev–Trinajstić information content (AvgIpc) is 3.16. The summed E-state index contributed by atoms with van der Waals surface area (Å²) in [5.41, 5.74) is 0.397. The fourth-order valence-corrected chi connectivity index (χ4v) is 2.00. The van der Waals surface area contributed by atoms with Crippen LogP contribution in [0.2, 0.25) is 0 Å². The van der Waals surface area contributed by atoms with Gasteiger partial charge in [0.1, 0.15) is 0 Å². The number of nitro groups is 1. The van der Waals surface area contributed by atoms with Gasteiger partial charge in [-0.25, -0.2) is 4.79 Å². The van der Waals surface area contributed by atoms with Crippen LogP contribution in [0.25, 0.3) is 11.1 Å². The minimum absolute atomic E-state index is 0.0237. The van der Waals surface area contributed by atoms with Gasteiger partial charge >= 0.3 is 5.76 Å². The van der Waals surface area contributed by atoms with Crippen LogP contribution in [0.1, 0.15) is 12.8 Å². The molecule has 3 rings (SSSR count). The first-order valence-electron chi connectivity index (χ1n) is 5.87. The number of rotatable bonds is 4. The summed E-state index contributed by atoms with van der Waals surface area (Å²) in [6.07, 6.45) is 1.70. The Labute approximate surface area is 106 Å². The number of ketones is 1. The van der Waals surface area contributed by atoms with E-state index >= 15 is 0 Å². The van der Waals surface area contributed by atoms with E-state index in [0.29, 0.717) is 0 Å². The summed E-state index contributed by atoms with van der Waals surface area (Å²) in [5, 5.41) is 10.7. The largest absolute Gasteiger partial charge is 0.420 e. The van der Waals surface area contributed by atoms with Crippen LogP contribution < -0.4 is 5.76 Å². The fourth-order valence-electron chi connectivity index (χ4n) is 2.00. The number of Topliss-reactive ketones (excluding diaryl/α,β-unsaturated/α-hetero) is 1. The molecule has 1 aliphatic rings. The average molecular weight is 262 g/mol. The fraction of sp³-hybridized carbons (Fsp3) is 0.333. The van der Waals surface area contributed by atoms with Gasteiger partial charge in [0, 0.05) is 18.1 Å². The van der Waals surface area contributed by atoms with Gasteiger partial charge in [-0.05, 0) is 18.9 Å². The lowest BCUT2D eigenvalue weighted by molar-refractivity contribution is -0.384. The number of hydrogen-bond donors (Lipinski definition) is 0. The maximum atomic E-state index is 11.8. The van der Waals surface area contributed by atoms with E-state index in [2.05, 4.69) is 0 Å². The highest BCUT2D eigenvalue weighted by molar-refractivity contribution is 5.85. The van der Waals surface area contributed by atoms with Gasteiger partial charge in [0.2, 0.25) is 0 Å². The highest BCUT2D eigenvalue weighted by atomic mass is 16.6. The summed E-state index contributed by atoms with van der Waals surface area (Å²) in [6, 6.07) is 3.88. The smallest absolute Gasteiger partial charge is 0.408 e. The van der Waals surface area contributed by atoms with Crippen molar-refractivity contribution in [2.75, 3.05) is 0 Å². The van der Waals surface area contributed by atoms with Gasteiger partial charge in [0.15, 0.2) is 11.4 Å². The van der Waals surface area contributed by atoms with E-state index in [4.69, 9.17) is 4.42 Å². The number of carbonyl (C=O) groups excluding carboxylic acids is 1. The molecule has 0 N–H and O–H groups in total. The first-order valence-corrected chi connectivity index (χ1v) is 5.87. The van der Waals surface area contributed by atoms with Crippen LogP contribution in [0.4, 0.5) is 5.69 Å². The molecule has 98 valence electrons. The molecule has 0 amide bonds. The standard InChI is InChI=1S/C12H10N2O5/c15-10(7-1-2-7)6-13-9-5-8(14(17)18)3-4-11(9)19-12(13)16/h3-5,7H,1-2,6H2. The Morgan fingerprint density at radius 3 is 2.84 bits per heavy atom. The molecule has 19 heavy (non-hydrogen) atoms. The Morgan fingerprint density at radius 2 is 2.21 bits per heavy atom. The molecule has 1 fully saturated rings. The summed E-state index contributed by atoms with van der Waals surface area (Å²) >= 11 is 0. The van der Waals surface area contributed by atoms with E-state index in [1.165, 1.54) is 18.2 Å². The molecule has 0 atom stereocenters. The highest BCUT2D eigenvalue weighted by Gasteiger charge is 2.30. The van der Waals surface area contributed by atoms with E-state index < -0.39 is 10.7 Å². The van der Waals surface area contributed by atoms with E-state index in [9.17, 15) is 19.7 Å². The van der Waals surface area contributed by atoms with Gasteiger partial charge in [-0.15, -0.1) is 0 Å². The van der Waals surface area contributed by atoms with Gasteiger partial charge in [0.25, 0.3) is 5.69 Å². The maximum Gasteiger partial charge on any atom is 0.420 e. The van der Waals surface area contributed by atoms with Gasteiger partial charge < -0.3 is 4.42 Å². The summed E-state index contributed by atoms with van der Waals surface area (Å²) in [5.74, 6) is -0.670. The predicted molar refractivity (Wildman–Crippen MR) is 64.9 cm³/mol. The first-order chi connectivity index (χ1) is 9.06. The van der Waals surface area contributed by atoms with Crippen LogP contribution >= 0.6 is 0 Å². The van der Waals surface area contributed by atoms with Crippen molar-refractivity contribution in [2.45, 2.75) is 19.4 Å². The number of non-ortho nitro benzene ring substituents is 1. The molecule has 1 saturated carbocycles. The normalized spacial score (nSPS) is 14.7. The van der Waals surface area contributed by atoms with Gasteiger partial charge in [-0.2, -0.15) is 0 Å². The SMILES string of the molecule is O=C(Cn1c(=O)oc2ccc([N+](=O)[O-])cc21)C1CC1. The molecule has 1 aromatic heterocycles. The van der Waals surface area contributed by atoms with Crippen molar-refractivity contribution in [3.63, 3.8) is 0 Å². The zero-order chi connectivity index (χ0) is 13.6. The summed E-state index contributed by atoms with van der Waals surface area (Å²) in [7, 11) is 0. The number of nitro benzene ring substituents is 1. The molecule has 0 unspecified atom stereocenters. The molecule has 0 spiro atoms. The number of hydrogen-bond acceptors (Lipinski definition) is 5. The van der Waals surface area contributed by atoms with Crippen molar-refractivity contribution < 1.29 is 14.1 Å². The highest BCUT2D eigenvalue weighted by Crippen LogP contribution is 2.30. The topological polar surface area (TPSA) is 95.3 Å². The minimum atomic E-state index is -0.663. The van der Waals surface area contributed by atoms with Crippen molar-refractivity contribution in [3.8, 4) is 0 Å². The summed E-state index contributed by atoms with van der Waals surface area (Å²) < 4.78 is 6.12. The number of nitrogens with zero attached hydrogens (tertiary/aromatic N) is 2. The second kappa shape index (κ2) is 4.04. The van der Waals surface area contributed by atoms with Crippen molar-refractivity contribution in [1.29, 1.82) is 0 Å². The second-order valence-electron chi connectivity index (χ2n) is 4.60. The van der Waals surface area contributed by atoms with E-state index in [1.54, 1.807) is 0 Å².